The summed E-state index contributed by atoms with van der Waals surface area (Å²) in [5.74, 6) is -2.65. The van der Waals surface area contributed by atoms with Gasteiger partial charge in [0.25, 0.3) is 5.91 Å². The molecule has 1 aromatic rings. The highest BCUT2D eigenvalue weighted by Gasteiger charge is 2.28. The van der Waals surface area contributed by atoms with E-state index in [2.05, 4.69) is 5.32 Å². The van der Waals surface area contributed by atoms with Crippen molar-refractivity contribution in [1.82, 2.24) is 10.2 Å². The fourth-order valence-corrected chi connectivity index (χ4v) is 2.56. The van der Waals surface area contributed by atoms with Gasteiger partial charge < -0.3 is 10.0 Å². The number of piperazine rings is 1. The fraction of sp³-hybridized carbons (Fsp3) is 0.167. The van der Waals surface area contributed by atoms with E-state index in [4.69, 9.17) is 5.11 Å². The molecule has 0 unspecified atom stereocenters. The molecule has 1 aliphatic heterocycles. The van der Waals surface area contributed by atoms with Gasteiger partial charge in [-0.2, -0.15) is 0 Å². The number of hydrogen-bond acceptors (Lipinski definition) is 5. The summed E-state index contributed by atoms with van der Waals surface area (Å²) in [4.78, 5) is 46.6. The van der Waals surface area contributed by atoms with Crippen molar-refractivity contribution in [1.29, 1.82) is 0 Å². The molecule has 0 bridgehead atoms. The predicted molar refractivity (Wildman–Crippen MR) is 70.0 cm³/mol. The molecular weight excluding hydrogens is 284 g/mol. The van der Waals surface area contributed by atoms with Gasteiger partial charge in [-0.3, -0.25) is 19.7 Å². The summed E-state index contributed by atoms with van der Waals surface area (Å²) in [5.41, 5.74) is 0.445. The summed E-state index contributed by atoms with van der Waals surface area (Å²) in [5, 5.41) is 12.3. The third-order valence-corrected chi connectivity index (χ3v) is 3.45. The van der Waals surface area contributed by atoms with Crippen LogP contribution in [-0.4, -0.2) is 46.8 Å². The number of nitrogens with one attached hydrogen (secondary N) is 1. The largest absolute Gasteiger partial charge is 0.478 e. The van der Waals surface area contributed by atoms with E-state index in [0.717, 1.165) is 22.3 Å². The van der Waals surface area contributed by atoms with E-state index in [1.54, 1.807) is 11.4 Å². The first-order valence-corrected chi connectivity index (χ1v) is 6.46. The van der Waals surface area contributed by atoms with Crippen LogP contribution in [0, 0.1) is 0 Å². The molecule has 0 saturated carbocycles. The number of carboxylic acid groups (broad SMARTS) is 1. The summed E-state index contributed by atoms with van der Waals surface area (Å²) in [6.45, 7) is -0.380. The van der Waals surface area contributed by atoms with Crippen molar-refractivity contribution in [2.24, 2.45) is 0 Å². The van der Waals surface area contributed by atoms with E-state index in [0.29, 0.717) is 10.4 Å². The average molecular weight is 294 g/mol. The van der Waals surface area contributed by atoms with Gasteiger partial charge in [-0.25, -0.2) is 4.79 Å². The molecule has 1 aliphatic rings. The number of aliphatic carboxylic acids is 1. The van der Waals surface area contributed by atoms with Crippen LogP contribution in [0.5, 0.6) is 0 Å². The first-order valence-electron chi connectivity index (χ1n) is 5.58. The molecule has 1 aromatic heterocycles. The van der Waals surface area contributed by atoms with Crippen molar-refractivity contribution in [3.63, 3.8) is 0 Å². The van der Waals surface area contributed by atoms with Gasteiger partial charge in [-0.15, -0.1) is 11.3 Å². The highest BCUT2D eigenvalue weighted by atomic mass is 32.1. The van der Waals surface area contributed by atoms with Crippen molar-refractivity contribution < 1.29 is 24.3 Å². The Morgan fingerprint density at radius 1 is 1.30 bits per heavy atom. The van der Waals surface area contributed by atoms with Crippen molar-refractivity contribution in [3.05, 3.63) is 28.0 Å². The lowest BCUT2D eigenvalue weighted by Crippen LogP contribution is -2.53. The highest BCUT2D eigenvalue weighted by molar-refractivity contribution is 7.12. The summed E-state index contributed by atoms with van der Waals surface area (Å²) in [6.07, 6.45) is 2.23. The number of nitrogens with zero attached hydrogens (tertiary/aromatic N) is 1. The monoisotopic (exact) mass is 294 g/mol. The van der Waals surface area contributed by atoms with Crippen LogP contribution in [0.25, 0.3) is 6.08 Å². The van der Waals surface area contributed by atoms with Gasteiger partial charge >= 0.3 is 5.97 Å². The SMILES string of the molecule is O=C(O)C=Cc1ccsc1C(=O)N1CC(=O)NC(=O)C1. The lowest BCUT2D eigenvalue weighted by molar-refractivity contribution is -0.135. The summed E-state index contributed by atoms with van der Waals surface area (Å²) < 4.78 is 0. The number of thiophene rings is 1. The fourth-order valence-electron chi connectivity index (χ4n) is 1.71. The van der Waals surface area contributed by atoms with Crippen molar-refractivity contribution in [3.8, 4) is 0 Å². The number of carbonyl (C=O) groups is 4. The minimum Gasteiger partial charge on any atom is -0.478 e. The van der Waals surface area contributed by atoms with Crippen LogP contribution in [0.15, 0.2) is 17.5 Å². The molecule has 2 rings (SSSR count). The van der Waals surface area contributed by atoms with E-state index >= 15 is 0 Å². The summed E-state index contributed by atoms with van der Waals surface area (Å²) >= 11 is 1.13. The van der Waals surface area contributed by atoms with Gasteiger partial charge in [0.2, 0.25) is 11.8 Å². The van der Waals surface area contributed by atoms with E-state index < -0.39 is 23.7 Å². The zero-order chi connectivity index (χ0) is 14.7. The van der Waals surface area contributed by atoms with Crippen molar-refractivity contribution >= 4 is 41.1 Å². The van der Waals surface area contributed by atoms with Crippen molar-refractivity contribution in [2.45, 2.75) is 0 Å². The standard InChI is InChI=1S/C12H10N2O5S/c15-8-5-14(6-9(16)13-8)12(19)11-7(3-4-20-11)1-2-10(17)18/h1-4H,5-6H2,(H,17,18)(H,13,15,16). The Hall–Kier alpha value is -2.48. The van der Waals surface area contributed by atoms with E-state index in [9.17, 15) is 19.2 Å². The average Bonchev–Trinajstić information content (AvgIpc) is 2.82. The van der Waals surface area contributed by atoms with E-state index in [1.165, 1.54) is 6.08 Å². The quantitative estimate of drug-likeness (QED) is 0.600. The van der Waals surface area contributed by atoms with Gasteiger partial charge in [0.1, 0.15) is 13.1 Å². The number of amides is 3. The third-order valence-electron chi connectivity index (χ3n) is 2.53. The molecule has 0 aromatic carbocycles. The van der Waals surface area contributed by atoms with Crippen LogP contribution in [0.2, 0.25) is 0 Å². The van der Waals surface area contributed by atoms with E-state index in [1.807, 2.05) is 0 Å². The Balaban J connectivity index is 2.21. The Labute approximate surface area is 117 Å². The second-order valence-electron chi connectivity index (χ2n) is 4.01. The Bertz CT molecular complexity index is 603. The lowest BCUT2D eigenvalue weighted by Gasteiger charge is -2.25. The molecule has 1 saturated heterocycles. The molecule has 7 nitrogen and oxygen atoms in total. The summed E-state index contributed by atoms with van der Waals surface area (Å²) in [6, 6.07) is 1.60. The second kappa shape index (κ2) is 5.66. The molecule has 3 amide bonds. The zero-order valence-electron chi connectivity index (χ0n) is 10.2. The van der Waals surface area contributed by atoms with Crippen molar-refractivity contribution in [2.75, 3.05) is 13.1 Å². The Morgan fingerprint density at radius 2 is 1.95 bits per heavy atom. The molecule has 0 spiro atoms. The van der Waals surface area contributed by atoms with Crippen LogP contribution in [0.4, 0.5) is 0 Å². The highest BCUT2D eigenvalue weighted by Crippen LogP contribution is 2.21. The van der Waals surface area contributed by atoms with Gasteiger partial charge in [0.15, 0.2) is 0 Å². The van der Waals surface area contributed by atoms with Gasteiger partial charge in [-0.1, -0.05) is 0 Å². The van der Waals surface area contributed by atoms with Gasteiger partial charge in [0, 0.05) is 6.08 Å². The topological polar surface area (TPSA) is 104 Å². The molecule has 8 heteroatoms. The number of carbonyl (C=O) groups excluding carboxylic acids is 3. The Morgan fingerprint density at radius 3 is 2.55 bits per heavy atom. The zero-order valence-corrected chi connectivity index (χ0v) is 11.0. The number of rotatable bonds is 3. The second-order valence-corrected chi connectivity index (χ2v) is 4.93. The molecule has 2 heterocycles. The van der Waals surface area contributed by atoms with Gasteiger partial charge in [-0.05, 0) is 23.1 Å². The minimum atomic E-state index is -1.12. The van der Waals surface area contributed by atoms with Gasteiger partial charge in [0.05, 0.1) is 4.88 Å². The summed E-state index contributed by atoms with van der Waals surface area (Å²) in [7, 11) is 0. The van der Waals surface area contributed by atoms with Crippen LogP contribution >= 0.6 is 11.3 Å². The van der Waals surface area contributed by atoms with Crippen LogP contribution in [0.3, 0.4) is 0 Å². The lowest BCUT2D eigenvalue weighted by atomic mass is 10.2. The van der Waals surface area contributed by atoms with Crippen LogP contribution in [0.1, 0.15) is 15.2 Å². The number of carboxylic acids is 1. The maximum Gasteiger partial charge on any atom is 0.328 e. The normalized spacial score (nSPS) is 15.5. The predicted octanol–water partition coefficient (Wildman–Crippen LogP) is -0.0555. The van der Waals surface area contributed by atoms with Crippen LogP contribution < -0.4 is 5.32 Å². The first kappa shape index (κ1) is 13.9. The number of hydrogen-bond donors (Lipinski definition) is 2. The molecule has 0 aliphatic carbocycles. The maximum atomic E-state index is 12.2. The molecule has 1 fully saturated rings. The molecule has 104 valence electrons. The van der Waals surface area contributed by atoms with E-state index in [-0.39, 0.29) is 13.1 Å². The Kier molecular flexibility index (Phi) is 3.94. The molecule has 0 radical (unpaired) electrons. The smallest absolute Gasteiger partial charge is 0.328 e. The van der Waals surface area contributed by atoms with Crippen LogP contribution in [-0.2, 0) is 14.4 Å². The molecule has 2 N–H and O–H groups in total. The molecular formula is C12H10N2O5S. The molecule has 20 heavy (non-hydrogen) atoms. The molecule has 0 atom stereocenters. The maximum absolute atomic E-state index is 12.2. The third kappa shape index (κ3) is 3.09. The minimum absolute atomic E-state index is 0.190. The number of imide groups is 1. The first-order chi connectivity index (χ1) is 9.47.